The van der Waals surface area contributed by atoms with Crippen LogP contribution in [0.2, 0.25) is 0 Å². The first kappa shape index (κ1) is 27.1. The van der Waals surface area contributed by atoms with E-state index in [0.29, 0.717) is 27.9 Å². The van der Waals surface area contributed by atoms with E-state index in [1.54, 1.807) is 22.8 Å². The number of likely N-dealkylation sites (tertiary alicyclic amines) is 1. The molecule has 0 bridgehead atoms. The second-order valence-electron chi connectivity index (χ2n) is 11.1. The van der Waals surface area contributed by atoms with Crippen LogP contribution in [0.4, 0.5) is 13.2 Å². The summed E-state index contributed by atoms with van der Waals surface area (Å²) in [5, 5.41) is 8.01. The molecule has 0 unspecified atom stereocenters. The van der Waals surface area contributed by atoms with Crippen molar-refractivity contribution < 1.29 is 17.6 Å². The molecule has 9 nitrogen and oxygen atoms in total. The van der Waals surface area contributed by atoms with Crippen LogP contribution in [0.25, 0.3) is 44.5 Å². The molecule has 43 heavy (non-hydrogen) atoms. The van der Waals surface area contributed by atoms with Crippen LogP contribution in [0.5, 0.6) is 0 Å². The van der Waals surface area contributed by atoms with E-state index in [-0.39, 0.29) is 24.2 Å². The van der Waals surface area contributed by atoms with E-state index in [0.717, 1.165) is 42.4 Å². The third kappa shape index (κ3) is 4.81. The predicted octanol–water partition coefficient (Wildman–Crippen LogP) is 5.80. The van der Waals surface area contributed by atoms with Crippen molar-refractivity contribution in [2.75, 3.05) is 20.1 Å². The molecule has 5 heterocycles. The summed E-state index contributed by atoms with van der Waals surface area (Å²) < 4.78 is 51.9. The van der Waals surface area contributed by atoms with Crippen molar-refractivity contribution in [3.8, 4) is 22.6 Å². The van der Waals surface area contributed by atoms with Crippen molar-refractivity contribution in [1.82, 2.24) is 33.8 Å². The van der Waals surface area contributed by atoms with Gasteiger partial charge < -0.3 is 13.9 Å². The van der Waals surface area contributed by atoms with Crippen LogP contribution in [0.3, 0.4) is 0 Å². The van der Waals surface area contributed by atoms with Gasteiger partial charge in [-0.05, 0) is 74.9 Å². The number of nitrogens with zero attached hydrogens (tertiary/aromatic N) is 7. The van der Waals surface area contributed by atoms with E-state index in [4.69, 9.17) is 4.42 Å². The molecule has 7 rings (SSSR count). The van der Waals surface area contributed by atoms with Gasteiger partial charge in [-0.3, -0.25) is 14.1 Å². The second kappa shape index (κ2) is 10.5. The highest BCUT2D eigenvalue weighted by molar-refractivity contribution is 5.89. The number of hydrogen-bond donors (Lipinski definition) is 0. The van der Waals surface area contributed by atoms with Crippen molar-refractivity contribution in [2.24, 2.45) is 7.05 Å². The maximum Gasteiger partial charge on any atom is 0.329 e. The zero-order valence-electron chi connectivity index (χ0n) is 23.5. The third-order valence-electron chi connectivity index (χ3n) is 8.32. The molecule has 1 saturated heterocycles. The molecule has 1 aliphatic rings. The minimum Gasteiger partial charge on any atom is -0.415 e. The van der Waals surface area contributed by atoms with Gasteiger partial charge in [0.1, 0.15) is 5.82 Å². The Balaban J connectivity index is 1.30. The summed E-state index contributed by atoms with van der Waals surface area (Å²) in [7, 11) is 4.03. The summed E-state index contributed by atoms with van der Waals surface area (Å²) >= 11 is 0. The first-order valence-corrected chi connectivity index (χ1v) is 14.0. The molecule has 0 spiro atoms. The highest BCUT2D eigenvalue weighted by atomic mass is 19.3. The molecule has 1 fully saturated rings. The van der Waals surface area contributed by atoms with Gasteiger partial charge in [-0.1, -0.05) is 6.07 Å². The lowest BCUT2D eigenvalue weighted by Crippen LogP contribution is -2.36. The number of piperidine rings is 1. The van der Waals surface area contributed by atoms with Gasteiger partial charge >= 0.3 is 12.1 Å². The first-order chi connectivity index (χ1) is 20.8. The Morgan fingerprint density at radius 3 is 2.47 bits per heavy atom. The molecule has 0 amide bonds. The molecule has 220 valence electrons. The summed E-state index contributed by atoms with van der Waals surface area (Å²) in [6.07, 6.45) is 2.13. The number of fused-ring (bicyclic) bond motifs is 2. The summed E-state index contributed by atoms with van der Waals surface area (Å²) in [5.74, 6) is -1.27. The summed E-state index contributed by atoms with van der Waals surface area (Å²) in [4.78, 5) is 20.7. The molecule has 0 atom stereocenters. The minimum atomic E-state index is -2.87. The lowest BCUT2D eigenvalue weighted by atomic mass is 10.0. The van der Waals surface area contributed by atoms with E-state index >= 15 is 4.39 Å². The van der Waals surface area contributed by atoms with Gasteiger partial charge in [0, 0.05) is 48.0 Å². The van der Waals surface area contributed by atoms with Gasteiger partial charge in [-0.15, -0.1) is 10.2 Å². The van der Waals surface area contributed by atoms with Gasteiger partial charge in [0.15, 0.2) is 0 Å². The van der Waals surface area contributed by atoms with Crippen molar-refractivity contribution >= 4 is 21.9 Å². The molecule has 4 aromatic heterocycles. The number of benzene rings is 2. The van der Waals surface area contributed by atoms with Gasteiger partial charge in [0.05, 0.1) is 28.8 Å². The molecule has 0 radical (unpaired) electrons. The average molecular weight is 588 g/mol. The van der Waals surface area contributed by atoms with Crippen LogP contribution in [0.15, 0.2) is 70.1 Å². The van der Waals surface area contributed by atoms with E-state index in [1.165, 1.54) is 12.3 Å². The zero-order valence-corrected chi connectivity index (χ0v) is 23.5. The fourth-order valence-electron chi connectivity index (χ4n) is 5.97. The maximum atomic E-state index is 15.8. The zero-order chi connectivity index (χ0) is 29.8. The van der Waals surface area contributed by atoms with E-state index in [2.05, 4.69) is 27.1 Å². The monoisotopic (exact) mass is 587 g/mol. The number of alkyl halides is 2. The Morgan fingerprint density at radius 1 is 0.953 bits per heavy atom. The standard InChI is InChI=1S/C31H28F3N7O2/c1-38-10-8-22(9-11-38)41-27-14-23(18-4-6-25-19(13-18)7-12-39(25)2)24(32)15-26(27)40(31(41)42)17-21-5-3-20(16-35-21)29-36-37-30(43-29)28(33)34/h3-7,12-16,22,28H,8-11,17H2,1-2H3. The first-order valence-electron chi connectivity index (χ1n) is 14.0. The average Bonchev–Trinajstić information content (AvgIpc) is 3.71. The highest BCUT2D eigenvalue weighted by Crippen LogP contribution is 2.33. The van der Waals surface area contributed by atoms with Crippen LogP contribution in [0, 0.1) is 5.82 Å². The maximum absolute atomic E-state index is 15.8. The van der Waals surface area contributed by atoms with Crippen LogP contribution < -0.4 is 5.69 Å². The lowest BCUT2D eigenvalue weighted by Gasteiger charge is -2.29. The van der Waals surface area contributed by atoms with Crippen LogP contribution >= 0.6 is 0 Å². The third-order valence-corrected chi connectivity index (χ3v) is 8.32. The molecule has 2 aromatic carbocycles. The molecular weight excluding hydrogens is 559 g/mol. The topological polar surface area (TPSA) is 86.9 Å². The van der Waals surface area contributed by atoms with E-state index < -0.39 is 18.1 Å². The summed E-state index contributed by atoms with van der Waals surface area (Å²) in [6, 6.07) is 14.3. The van der Waals surface area contributed by atoms with Gasteiger partial charge in [0.25, 0.3) is 5.89 Å². The molecule has 0 saturated carbocycles. The number of pyridine rings is 1. The minimum absolute atomic E-state index is 0.0285. The smallest absolute Gasteiger partial charge is 0.329 e. The molecule has 1 aliphatic heterocycles. The Labute approximate surface area is 243 Å². The van der Waals surface area contributed by atoms with Crippen LogP contribution in [-0.2, 0) is 13.6 Å². The Bertz CT molecular complexity index is 2020. The Kier molecular flexibility index (Phi) is 6.65. The second-order valence-corrected chi connectivity index (χ2v) is 11.1. The Hall–Kier alpha value is -4.71. The number of halogens is 3. The number of hydrogen-bond acceptors (Lipinski definition) is 6. The fourth-order valence-corrected chi connectivity index (χ4v) is 5.97. The number of rotatable bonds is 6. The van der Waals surface area contributed by atoms with Crippen molar-refractivity contribution in [1.29, 1.82) is 0 Å². The molecule has 12 heteroatoms. The normalized spacial score (nSPS) is 14.9. The Morgan fingerprint density at radius 2 is 1.74 bits per heavy atom. The molecule has 0 N–H and O–H groups in total. The summed E-state index contributed by atoms with van der Waals surface area (Å²) in [6.45, 7) is 1.80. The molecular formula is C31H28F3N7O2. The number of aromatic nitrogens is 6. The van der Waals surface area contributed by atoms with Crippen molar-refractivity contribution in [2.45, 2.75) is 31.9 Å². The van der Waals surface area contributed by atoms with Crippen molar-refractivity contribution in [3.63, 3.8) is 0 Å². The number of aryl methyl sites for hydroxylation is 1. The van der Waals surface area contributed by atoms with E-state index in [1.807, 2.05) is 46.6 Å². The summed E-state index contributed by atoms with van der Waals surface area (Å²) in [5.41, 5.74) is 4.04. The number of imidazole rings is 1. The predicted molar refractivity (Wildman–Crippen MR) is 155 cm³/mol. The molecule has 0 aliphatic carbocycles. The largest absolute Gasteiger partial charge is 0.415 e. The van der Waals surface area contributed by atoms with Crippen LogP contribution in [0.1, 0.15) is 36.9 Å². The van der Waals surface area contributed by atoms with Gasteiger partial charge in [0.2, 0.25) is 5.89 Å². The van der Waals surface area contributed by atoms with Crippen LogP contribution in [-0.4, -0.2) is 53.9 Å². The van der Waals surface area contributed by atoms with Crippen molar-refractivity contribution in [3.05, 3.63) is 88.8 Å². The molecule has 6 aromatic rings. The van der Waals surface area contributed by atoms with Gasteiger partial charge in [-0.2, -0.15) is 8.78 Å². The SMILES string of the molecule is CN1CCC(n2c(=O)n(Cc3ccc(-c4nnc(C(F)F)o4)cn3)c3cc(F)c(-c4ccc5c(ccn5C)c4)cc32)CC1. The van der Waals surface area contributed by atoms with Gasteiger partial charge in [-0.25, -0.2) is 9.18 Å². The van der Waals surface area contributed by atoms with E-state index in [9.17, 15) is 13.6 Å². The lowest BCUT2D eigenvalue weighted by molar-refractivity contribution is 0.116. The quantitative estimate of drug-likeness (QED) is 0.245. The highest BCUT2D eigenvalue weighted by Gasteiger charge is 2.26. The fraction of sp³-hybridized carbons (Fsp3) is 0.290.